The molecule has 212 valence electrons. The maximum absolute atomic E-state index is 15.1. The van der Waals surface area contributed by atoms with Crippen molar-refractivity contribution >= 4 is 28.9 Å². The Bertz CT molecular complexity index is 1350. The first-order valence-electron chi connectivity index (χ1n) is 13.5. The van der Waals surface area contributed by atoms with E-state index >= 15 is 4.39 Å². The van der Waals surface area contributed by atoms with Gasteiger partial charge in [-0.3, -0.25) is 4.79 Å². The van der Waals surface area contributed by atoms with Gasteiger partial charge in [-0.25, -0.2) is 18.2 Å². The summed E-state index contributed by atoms with van der Waals surface area (Å²) in [4.78, 5) is 20.6. The van der Waals surface area contributed by atoms with Crippen LogP contribution in [0.4, 0.5) is 13.2 Å². The lowest BCUT2D eigenvalue weighted by atomic mass is 9.84. The van der Waals surface area contributed by atoms with Crippen molar-refractivity contribution in [3.05, 3.63) is 77.8 Å². The highest BCUT2D eigenvalue weighted by Gasteiger charge is 2.53. The second-order valence-corrected chi connectivity index (χ2v) is 11.2. The molecule has 3 aliphatic heterocycles. The Kier molecular flexibility index (Phi) is 8.16. The molecule has 0 aliphatic carbocycles. The molecule has 6 rings (SSSR count). The van der Waals surface area contributed by atoms with Gasteiger partial charge < -0.3 is 22.6 Å². The van der Waals surface area contributed by atoms with Crippen LogP contribution in [0, 0.1) is 23.5 Å². The Hall–Kier alpha value is -2.48. The molecule has 1 amide bonds. The third kappa shape index (κ3) is 5.28. The molecular formula is C29H30F3IN4O3. The van der Waals surface area contributed by atoms with Crippen molar-refractivity contribution in [1.29, 1.82) is 0 Å². The number of halogens is 4. The highest BCUT2D eigenvalue weighted by molar-refractivity contribution is 14.1. The number of carbonyl (C=O) groups is 1. The zero-order valence-electron chi connectivity index (χ0n) is 21.7. The van der Waals surface area contributed by atoms with Gasteiger partial charge in [0.2, 0.25) is 0 Å². The molecule has 0 bridgehead atoms. The van der Waals surface area contributed by atoms with Gasteiger partial charge in [-0.15, -0.1) is 0 Å². The maximum Gasteiger partial charge on any atom is 0.255 e. The summed E-state index contributed by atoms with van der Waals surface area (Å²) in [5.41, 5.74) is 1.30. The molecule has 0 spiro atoms. The number of amides is 1. The number of likely N-dealkylation sites (tertiary alicyclic amines) is 1. The number of nitrogens with one attached hydrogen (secondary N) is 1. The van der Waals surface area contributed by atoms with Crippen molar-refractivity contribution < 1.29 is 25.8 Å². The van der Waals surface area contributed by atoms with E-state index in [9.17, 15) is 13.6 Å². The van der Waals surface area contributed by atoms with E-state index in [4.69, 9.17) is 12.8 Å². The Morgan fingerprint density at radius 1 is 1.15 bits per heavy atom. The predicted molar refractivity (Wildman–Crippen MR) is 150 cm³/mol. The van der Waals surface area contributed by atoms with Crippen LogP contribution < -0.4 is 5.32 Å². The summed E-state index contributed by atoms with van der Waals surface area (Å²) in [6.07, 6.45) is 1.10. The van der Waals surface area contributed by atoms with Gasteiger partial charge in [0.05, 0.1) is 17.8 Å². The second-order valence-electron chi connectivity index (χ2n) is 10.7. The number of hydrogen-bond donors (Lipinski definition) is 1. The first kappa shape index (κ1) is 27.7. The van der Waals surface area contributed by atoms with Gasteiger partial charge in [0, 0.05) is 50.5 Å². The molecule has 1 aromatic heterocycles. The molecule has 0 saturated carbocycles. The van der Waals surface area contributed by atoms with Gasteiger partial charge in [-0.2, -0.15) is 0 Å². The molecule has 1 N–H and O–H groups in total. The highest BCUT2D eigenvalue weighted by Crippen LogP contribution is 2.41. The molecule has 3 saturated heterocycles. The number of piperidine rings is 1. The lowest BCUT2D eigenvalue weighted by Gasteiger charge is -2.45. The van der Waals surface area contributed by atoms with Gasteiger partial charge in [0.25, 0.3) is 5.91 Å². The molecule has 7 nitrogen and oxygen atoms in total. The number of carbonyl (C=O) groups excluding carboxylic acids is 1. The van der Waals surface area contributed by atoms with Crippen LogP contribution in [0.2, 0.25) is 0 Å². The number of rotatable bonds is 7. The Morgan fingerprint density at radius 2 is 1.93 bits per heavy atom. The fourth-order valence-electron chi connectivity index (χ4n) is 6.35. The van der Waals surface area contributed by atoms with Crippen molar-refractivity contribution in [3.63, 3.8) is 0 Å². The Balaban J connectivity index is 1.48. The van der Waals surface area contributed by atoms with Gasteiger partial charge in [-0.05, 0) is 42.5 Å². The number of hydrogen-bond acceptors (Lipinski definition) is 5. The molecule has 3 aliphatic rings. The van der Waals surface area contributed by atoms with E-state index < -0.39 is 41.9 Å². The zero-order valence-corrected chi connectivity index (χ0v) is 23.8. The van der Waals surface area contributed by atoms with Gasteiger partial charge in [-0.1, -0.05) is 30.3 Å². The third-order valence-corrected chi connectivity index (χ3v) is 8.90. The fraction of sp³-hybridized carbons (Fsp3) is 0.448. The van der Waals surface area contributed by atoms with Gasteiger partial charge in [0.1, 0.15) is 46.6 Å². The molecule has 3 fully saturated rings. The lowest BCUT2D eigenvalue weighted by Crippen LogP contribution is -2.60. The van der Waals surface area contributed by atoms with E-state index in [0.717, 1.165) is 23.8 Å². The summed E-state index contributed by atoms with van der Waals surface area (Å²) in [6, 6.07) is 12.1. The minimum absolute atomic E-state index is 0.0290. The molecule has 4 heterocycles. The smallest absolute Gasteiger partial charge is 0.255 e. The number of nitrogens with zero attached hydrogens (tertiary/aromatic N) is 3. The quantitative estimate of drug-likeness (QED) is 0.366. The molecule has 11 heteroatoms. The summed E-state index contributed by atoms with van der Waals surface area (Å²) < 4.78 is 57.3. The van der Waals surface area contributed by atoms with E-state index in [1.165, 1.54) is 0 Å². The standard InChI is InChI=1S/C29H30F3IN4O3/c30-19-6-7-22(31)20(12-19)24-16-36(14-17-4-2-1-3-5-17)28(35-24)26(18-8-10-39-11-9-18)37-15-21-23(32)13-34-25(21)27(40-33)29(37)38/h1-7,12,16,18,21,23,25-27,34H,8-11,13-15H2/t21-,23-,25?,26+,27-/m0/s1. The molecule has 3 aromatic rings. The second kappa shape index (κ2) is 11.8. The number of aromatic nitrogens is 2. The average molecular weight is 666 g/mol. The number of imidazole rings is 1. The zero-order chi connectivity index (χ0) is 27.8. The molecular weight excluding hydrogens is 636 g/mol. The Labute approximate surface area is 244 Å². The van der Waals surface area contributed by atoms with Gasteiger partial charge in [0.15, 0.2) is 6.10 Å². The van der Waals surface area contributed by atoms with Crippen LogP contribution in [-0.2, 0) is 19.1 Å². The summed E-state index contributed by atoms with van der Waals surface area (Å²) in [6.45, 7) is 1.84. The summed E-state index contributed by atoms with van der Waals surface area (Å²) in [5.74, 6) is -1.31. The minimum Gasteiger partial charge on any atom is -0.381 e. The van der Waals surface area contributed by atoms with Crippen molar-refractivity contribution in [2.24, 2.45) is 11.8 Å². The molecule has 0 radical (unpaired) electrons. The SMILES string of the molecule is O=C1[C@@H](OI)C2NC[C@H](F)[C@@H]2CN1[C@@H](c1nc(-c2cc(F)ccc2F)cn1Cc1ccccc1)C1CCOCC1. The monoisotopic (exact) mass is 666 g/mol. The molecule has 40 heavy (non-hydrogen) atoms. The number of fused-ring (bicyclic) bond motifs is 1. The minimum atomic E-state index is -1.12. The summed E-state index contributed by atoms with van der Waals surface area (Å²) >= 11 is 1.72. The van der Waals surface area contributed by atoms with E-state index in [-0.39, 0.29) is 36.2 Å². The van der Waals surface area contributed by atoms with Crippen molar-refractivity contribution in [1.82, 2.24) is 19.8 Å². The number of benzene rings is 2. The normalized spacial score (nSPS) is 26.2. The van der Waals surface area contributed by atoms with Crippen molar-refractivity contribution in [3.8, 4) is 11.3 Å². The molecule has 5 atom stereocenters. The van der Waals surface area contributed by atoms with Crippen LogP contribution >= 0.6 is 23.0 Å². The maximum atomic E-state index is 15.1. The summed E-state index contributed by atoms with van der Waals surface area (Å²) in [7, 11) is 0. The van der Waals surface area contributed by atoms with Crippen LogP contribution in [0.3, 0.4) is 0 Å². The van der Waals surface area contributed by atoms with Crippen LogP contribution in [0.1, 0.15) is 30.3 Å². The predicted octanol–water partition coefficient (Wildman–Crippen LogP) is 4.85. The van der Waals surface area contributed by atoms with Crippen molar-refractivity contribution in [2.75, 3.05) is 26.3 Å². The van der Waals surface area contributed by atoms with E-state index in [1.54, 1.807) is 34.1 Å². The first-order valence-corrected chi connectivity index (χ1v) is 14.4. The number of ether oxygens (including phenoxy) is 1. The van der Waals surface area contributed by atoms with E-state index in [2.05, 4.69) is 5.32 Å². The fourth-order valence-corrected chi connectivity index (χ4v) is 6.88. The molecule has 1 unspecified atom stereocenters. The van der Waals surface area contributed by atoms with Crippen LogP contribution in [0.5, 0.6) is 0 Å². The van der Waals surface area contributed by atoms with Crippen LogP contribution in [0.25, 0.3) is 11.3 Å². The number of alkyl halides is 1. The van der Waals surface area contributed by atoms with Crippen molar-refractivity contribution in [2.45, 2.75) is 43.7 Å². The lowest BCUT2D eigenvalue weighted by molar-refractivity contribution is -0.150. The highest BCUT2D eigenvalue weighted by atomic mass is 127. The average Bonchev–Trinajstić information content (AvgIpc) is 3.55. The van der Waals surface area contributed by atoms with Crippen LogP contribution in [-0.4, -0.2) is 65.0 Å². The Morgan fingerprint density at radius 3 is 2.67 bits per heavy atom. The van der Waals surface area contributed by atoms with Gasteiger partial charge >= 0.3 is 0 Å². The van der Waals surface area contributed by atoms with E-state index in [1.807, 2.05) is 34.9 Å². The third-order valence-electron chi connectivity index (χ3n) is 8.35. The molecule has 2 aromatic carbocycles. The van der Waals surface area contributed by atoms with E-state index in [0.29, 0.717) is 38.4 Å². The first-order chi connectivity index (χ1) is 19.4. The summed E-state index contributed by atoms with van der Waals surface area (Å²) in [5, 5.41) is 3.13. The largest absolute Gasteiger partial charge is 0.381 e. The topological polar surface area (TPSA) is 68.6 Å². The van der Waals surface area contributed by atoms with Crippen LogP contribution in [0.15, 0.2) is 54.7 Å².